The lowest BCUT2D eigenvalue weighted by atomic mass is 10.1. The molecule has 27 heavy (non-hydrogen) atoms. The number of aromatic nitrogens is 5. The van der Waals surface area contributed by atoms with Gasteiger partial charge in [0, 0.05) is 30.6 Å². The Morgan fingerprint density at radius 3 is 2.89 bits per heavy atom. The van der Waals surface area contributed by atoms with Crippen molar-refractivity contribution in [3.8, 4) is 22.8 Å². The Morgan fingerprint density at radius 2 is 2.04 bits per heavy atom. The second-order valence-corrected chi connectivity index (χ2v) is 6.37. The van der Waals surface area contributed by atoms with Gasteiger partial charge in [-0.25, -0.2) is 4.98 Å². The van der Waals surface area contributed by atoms with E-state index in [9.17, 15) is 0 Å². The van der Waals surface area contributed by atoms with Gasteiger partial charge in [-0.2, -0.15) is 4.98 Å². The topological polar surface area (TPSA) is 92.0 Å². The van der Waals surface area contributed by atoms with Crippen LogP contribution in [0.1, 0.15) is 30.7 Å². The Bertz CT molecular complexity index is 1030. The Labute approximate surface area is 154 Å². The van der Waals surface area contributed by atoms with Crippen molar-refractivity contribution in [1.82, 2.24) is 24.8 Å². The van der Waals surface area contributed by atoms with Crippen LogP contribution in [0.2, 0.25) is 0 Å². The summed E-state index contributed by atoms with van der Waals surface area (Å²) in [6, 6.07) is 11.7. The number of hydrogen-bond donors (Lipinski definition) is 0. The van der Waals surface area contributed by atoms with Crippen molar-refractivity contribution in [3.05, 3.63) is 60.5 Å². The molecule has 3 aromatic heterocycles. The standard InChI is InChI=1S/C19H17N5O3/c1-2-5-13(6-3-1)14-11-16(26-22-14)18-20-8-9-24(18)12-17-21-19(27-23-17)15-7-4-10-25-15/h1-3,5-6,8-9,11,15H,4,7,10,12H2/t15-/m1/s1. The van der Waals surface area contributed by atoms with Crippen LogP contribution in [-0.4, -0.2) is 31.5 Å². The van der Waals surface area contributed by atoms with Gasteiger partial charge >= 0.3 is 0 Å². The van der Waals surface area contributed by atoms with E-state index in [0.717, 1.165) is 30.7 Å². The third-order valence-corrected chi connectivity index (χ3v) is 4.52. The zero-order valence-corrected chi connectivity index (χ0v) is 14.5. The quantitative estimate of drug-likeness (QED) is 0.536. The van der Waals surface area contributed by atoms with Gasteiger partial charge in [0.2, 0.25) is 5.76 Å². The van der Waals surface area contributed by atoms with Crippen molar-refractivity contribution in [1.29, 1.82) is 0 Å². The van der Waals surface area contributed by atoms with Crippen LogP contribution in [0.4, 0.5) is 0 Å². The molecule has 1 saturated heterocycles. The van der Waals surface area contributed by atoms with Crippen molar-refractivity contribution in [2.24, 2.45) is 0 Å². The predicted molar refractivity (Wildman–Crippen MR) is 94.5 cm³/mol. The summed E-state index contributed by atoms with van der Waals surface area (Å²) in [5, 5.41) is 8.21. The second-order valence-electron chi connectivity index (χ2n) is 6.37. The molecule has 0 aliphatic carbocycles. The average molecular weight is 363 g/mol. The maximum Gasteiger partial charge on any atom is 0.255 e. The number of ether oxygens (including phenoxy) is 1. The smallest absolute Gasteiger partial charge is 0.255 e. The molecule has 0 bridgehead atoms. The molecule has 1 aliphatic heterocycles. The normalized spacial score (nSPS) is 16.8. The highest BCUT2D eigenvalue weighted by Crippen LogP contribution is 2.28. The monoisotopic (exact) mass is 363 g/mol. The van der Waals surface area contributed by atoms with E-state index in [0.29, 0.717) is 29.8 Å². The zero-order valence-electron chi connectivity index (χ0n) is 14.5. The second kappa shape index (κ2) is 6.81. The van der Waals surface area contributed by atoms with Crippen LogP contribution < -0.4 is 0 Å². The lowest BCUT2D eigenvalue weighted by Crippen LogP contribution is -2.03. The maximum absolute atomic E-state index is 5.59. The lowest BCUT2D eigenvalue weighted by molar-refractivity contribution is 0.0835. The van der Waals surface area contributed by atoms with Gasteiger partial charge in [0.05, 0.1) is 6.54 Å². The molecule has 4 aromatic rings. The Kier molecular flexibility index (Phi) is 4.02. The zero-order chi connectivity index (χ0) is 18.1. The fraction of sp³-hybridized carbons (Fsp3) is 0.263. The first-order valence-corrected chi connectivity index (χ1v) is 8.84. The van der Waals surface area contributed by atoms with E-state index in [2.05, 4.69) is 20.3 Å². The van der Waals surface area contributed by atoms with E-state index >= 15 is 0 Å². The molecule has 1 fully saturated rings. The minimum absolute atomic E-state index is 0.0868. The van der Waals surface area contributed by atoms with E-state index in [4.69, 9.17) is 13.8 Å². The molecule has 136 valence electrons. The van der Waals surface area contributed by atoms with Gasteiger partial charge in [0.1, 0.15) is 11.8 Å². The summed E-state index contributed by atoms with van der Waals surface area (Å²) < 4.78 is 18.3. The van der Waals surface area contributed by atoms with E-state index in [1.165, 1.54) is 0 Å². The van der Waals surface area contributed by atoms with Gasteiger partial charge in [-0.1, -0.05) is 40.6 Å². The minimum atomic E-state index is -0.0868. The SMILES string of the molecule is c1ccc(-c2cc(-c3nccn3Cc3noc([C@H]4CCCO4)n3)on2)cc1. The van der Waals surface area contributed by atoms with Crippen LogP contribution in [0.3, 0.4) is 0 Å². The summed E-state index contributed by atoms with van der Waals surface area (Å²) in [7, 11) is 0. The van der Waals surface area contributed by atoms with Crippen LogP contribution >= 0.6 is 0 Å². The third kappa shape index (κ3) is 3.15. The largest absolute Gasteiger partial charge is 0.368 e. The number of benzene rings is 1. The van der Waals surface area contributed by atoms with E-state index in [1.54, 1.807) is 6.20 Å². The maximum atomic E-state index is 5.59. The number of imidazole rings is 1. The van der Waals surface area contributed by atoms with Gasteiger partial charge in [0.15, 0.2) is 11.6 Å². The van der Waals surface area contributed by atoms with Crippen molar-refractivity contribution in [2.75, 3.05) is 6.61 Å². The molecule has 1 atom stereocenters. The van der Waals surface area contributed by atoms with Gasteiger partial charge in [-0.05, 0) is 12.8 Å². The summed E-state index contributed by atoms with van der Waals surface area (Å²) >= 11 is 0. The molecule has 5 rings (SSSR count). The molecule has 8 nitrogen and oxygen atoms in total. The van der Waals surface area contributed by atoms with Gasteiger partial charge in [-0.15, -0.1) is 0 Å². The van der Waals surface area contributed by atoms with Crippen LogP contribution in [0.25, 0.3) is 22.8 Å². The first-order valence-electron chi connectivity index (χ1n) is 8.84. The Hall–Kier alpha value is -3.26. The summed E-state index contributed by atoms with van der Waals surface area (Å²) in [6.07, 6.45) is 5.40. The summed E-state index contributed by atoms with van der Waals surface area (Å²) in [6.45, 7) is 1.16. The van der Waals surface area contributed by atoms with Crippen molar-refractivity contribution in [2.45, 2.75) is 25.5 Å². The highest BCUT2D eigenvalue weighted by molar-refractivity contribution is 5.63. The van der Waals surface area contributed by atoms with E-state index in [1.807, 2.05) is 47.2 Å². The fourth-order valence-electron chi connectivity index (χ4n) is 3.17. The molecule has 0 saturated carbocycles. The minimum Gasteiger partial charge on any atom is -0.368 e. The Balaban J connectivity index is 1.38. The fourth-order valence-corrected chi connectivity index (χ4v) is 3.17. The van der Waals surface area contributed by atoms with E-state index < -0.39 is 0 Å². The van der Waals surface area contributed by atoms with Gasteiger partial charge in [-0.3, -0.25) is 0 Å². The van der Waals surface area contributed by atoms with E-state index in [-0.39, 0.29) is 6.10 Å². The molecule has 1 aliphatic rings. The molecule has 0 spiro atoms. The summed E-state index contributed by atoms with van der Waals surface area (Å²) in [5.41, 5.74) is 1.75. The molecule has 4 heterocycles. The van der Waals surface area contributed by atoms with Crippen LogP contribution in [-0.2, 0) is 11.3 Å². The molecule has 0 amide bonds. The average Bonchev–Trinajstić information content (AvgIpc) is 3.48. The molecular weight excluding hydrogens is 346 g/mol. The highest BCUT2D eigenvalue weighted by Gasteiger charge is 2.24. The van der Waals surface area contributed by atoms with Crippen molar-refractivity contribution >= 4 is 0 Å². The number of hydrogen-bond acceptors (Lipinski definition) is 7. The first-order chi connectivity index (χ1) is 13.4. The van der Waals surface area contributed by atoms with Crippen molar-refractivity contribution in [3.63, 3.8) is 0 Å². The lowest BCUT2D eigenvalue weighted by Gasteiger charge is -2.02. The van der Waals surface area contributed by atoms with Gasteiger partial charge < -0.3 is 18.4 Å². The highest BCUT2D eigenvalue weighted by atomic mass is 16.5. The van der Waals surface area contributed by atoms with Crippen LogP contribution in [0.15, 0.2) is 57.8 Å². The van der Waals surface area contributed by atoms with Crippen molar-refractivity contribution < 1.29 is 13.8 Å². The van der Waals surface area contributed by atoms with Crippen LogP contribution in [0, 0.1) is 0 Å². The molecular formula is C19H17N5O3. The molecule has 0 radical (unpaired) electrons. The molecule has 1 aromatic carbocycles. The third-order valence-electron chi connectivity index (χ3n) is 4.52. The first kappa shape index (κ1) is 16.0. The number of rotatable bonds is 5. The molecule has 0 unspecified atom stereocenters. The summed E-state index contributed by atoms with van der Waals surface area (Å²) in [5.74, 6) is 2.35. The summed E-state index contributed by atoms with van der Waals surface area (Å²) in [4.78, 5) is 8.85. The Morgan fingerprint density at radius 1 is 1.11 bits per heavy atom. The molecule has 0 N–H and O–H groups in total. The van der Waals surface area contributed by atoms with Crippen LogP contribution in [0.5, 0.6) is 0 Å². The molecule has 8 heteroatoms. The number of nitrogens with zero attached hydrogens (tertiary/aromatic N) is 5. The van der Waals surface area contributed by atoms with Gasteiger partial charge in [0.25, 0.3) is 5.89 Å². The predicted octanol–water partition coefficient (Wildman–Crippen LogP) is 3.49.